The van der Waals surface area contributed by atoms with Crippen LogP contribution in [0.25, 0.3) is 189 Å². The summed E-state index contributed by atoms with van der Waals surface area (Å²) in [4.78, 5) is 38.4. The lowest BCUT2D eigenvalue weighted by molar-refractivity contribution is 0.00578. The van der Waals surface area contributed by atoms with E-state index in [9.17, 15) is 0 Å². The van der Waals surface area contributed by atoms with Gasteiger partial charge in [0.15, 0.2) is 34.9 Å². The summed E-state index contributed by atoms with van der Waals surface area (Å²) >= 11 is 3.58. The Labute approximate surface area is 718 Å². The lowest BCUT2D eigenvalue weighted by Gasteiger charge is -2.32. The molecular weight excluding hydrogens is 1560 g/mol. The number of rotatable bonds is 14. The van der Waals surface area contributed by atoms with Crippen molar-refractivity contribution < 1.29 is 9.31 Å². The topological polar surface area (TPSA) is 122 Å². The fourth-order valence-corrected chi connectivity index (χ4v) is 16.0. The zero-order chi connectivity index (χ0) is 82.5. The minimum atomic E-state index is -0.325. The van der Waals surface area contributed by atoms with E-state index in [2.05, 4.69) is 357 Å². The van der Waals surface area contributed by atoms with Gasteiger partial charge in [-0.3, -0.25) is 9.97 Å². The molecule has 1 aliphatic rings. The van der Waals surface area contributed by atoms with E-state index in [0.29, 0.717) is 34.9 Å². The fraction of sp³-hybridized carbons (Fsp3) is 0.0545. The van der Waals surface area contributed by atoms with Gasteiger partial charge < -0.3 is 9.31 Å². The second kappa shape index (κ2) is 34.0. The Kier molecular flexibility index (Phi) is 21.5. The summed E-state index contributed by atoms with van der Waals surface area (Å²) in [5.74, 6) is 3.85. The second-order valence-electron chi connectivity index (χ2n) is 31.5. The van der Waals surface area contributed by atoms with Gasteiger partial charge in [-0.2, -0.15) is 0 Å². The summed E-state index contributed by atoms with van der Waals surface area (Å²) in [5.41, 5.74) is 22.2. The number of hydrogen-bond donors (Lipinski definition) is 0. The van der Waals surface area contributed by atoms with Crippen LogP contribution in [0.2, 0.25) is 0 Å². The zero-order valence-electron chi connectivity index (χ0n) is 67.6. The smallest absolute Gasteiger partial charge is 0.399 e. The molecule has 1 saturated heterocycles. The van der Waals surface area contributed by atoms with Crippen LogP contribution in [-0.4, -0.2) is 58.2 Å². The SMILES string of the molecule is Brc1cccc(-c2ccc(-c3cccc(-c4nc(-c5ccccc5)nc(-c5ccc(-c6ccccc6)cc5)n4)c3)cc2)c1.CC1(C)OB(c2ccc3c(ccc4ccncc43)c2)OC1(C)C.c1ccc(-c2ccc(-c3nc(-c4ccccc4)nc(-c4cccc(-c5ccc(-c6cccc(-c7ccc8c(ccc9ccncc98)c7)c6)cc5)c4)n3)cc2)cc1. The highest BCUT2D eigenvalue weighted by atomic mass is 79.9. The lowest BCUT2D eigenvalue weighted by Crippen LogP contribution is -2.41. The predicted octanol–water partition coefficient (Wildman–Crippen LogP) is 27.6. The Morgan fingerprint density at radius 3 is 0.869 bits per heavy atom. The zero-order valence-corrected chi connectivity index (χ0v) is 69.2. The van der Waals surface area contributed by atoms with Crippen LogP contribution in [0.3, 0.4) is 0 Å². The summed E-state index contributed by atoms with van der Waals surface area (Å²) in [6, 6.07) is 135. The molecule has 5 heterocycles. The van der Waals surface area contributed by atoms with Gasteiger partial charge in [0, 0.05) is 73.4 Å². The number of halogens is 1. The van der Waals surface area contributed by atoms with E-state index in [4.69, 9.17) is 39.2 Å². The molecule has 0 radical (unpaired) electrons. The molecule has 20 aromatic rings. The first-order valence-corrected chi connectivity index (χ1v) is 41.7. The van der Waals surface area contributed by atoms with E-state index in [1.54, 1.807) is 0 Å². The van der Waals surface area contributed by atoms with Crippen molar-refractivity contribution in [2.24, 2.45) is 0 Å². The molecule has 0 bridgehead atoms. The molecule has 0 amide bonds. The normalized spacial score (nSPS) is 12.7. The number of nitrogens with zero attached hydrogens (tertiary/aromatic N) is 8. The van der Waals surface area contributed by atoms with Crippen molar-refractivity contribution in [3.05, 3.63) is 418 Å². The van der Waals surface area contributed by atoms with E-state index < -0.39 is 0 Å². The molecule has 1 fully saturated rings. The van der Waals surface area contributed by atoms with Crippen LogP contribution in [0.5, 0.6) is 0 Å². The molecule has 10 nitrogen and oxygen atoms in total. The van der Waals surface area contributed by atoms with Crippen molar-refractivity contribution in [3.63, 3.8) is 0 Å². The summed E-state index contributed by atoms with van der Waals surface area (Å²) < 4.78 is 13.4. The van der Waals surface area contributed by atoms with E-state index in [1.165, 1.54) is 82.0 Å². The third-order valence-electron chi connectivity index (χ3n) is 23.0. The molecule has 582 valence electrons. The van der Waals surface area contributed by atoms with Crippen molar-refractivity contribution >= 4 is 71.6 Å². The first-order chi connectivity index (χ1) is 59.8. The molecule has 0 unspecified atom stereocenters. The summed E-state index contributed by atoms with van der Waals surface area (Å²) in [5, 5.41) is 9.57. The van der Waals surface area contributed by atoms with Gasteiger partial charge in [-0.05, 0) is 192 Å². The maximum Gasteiger partial charge on any atom is 0.494 e. The van der Waals surface area contributed by atoms with Gasteiger partial charge in [0.05, 0.1) is 11.2 Å². The predicted molar refractivity (Wildman–Crippen MR) is 506 cm³/mol. The van der Waals surface area contributed by atoms with Crippen LogP contribution in [0.1, 0.15) is 27.7 Å². The van der Waals surface area contributed by atoms with Crippen LogP contribution in [-0.2, 0) is 9.31 Å². The lowest BCUT2D eigenvalue weighted by atomic mass is 9.78. The Hall–Kier alpha value is -14.7. The molecule has 4 aromatic heterocycles. The van der Waals surface area contributed by atoms with Gasteiger partial charge in [0.1, 0.15) is 0 Å². The highest BCUT2D eigenvalue weighted by Gasteiger charge is 2.51. The number of fused-ring (bicyclic) bond motifs is 6. The van der Waals surface area contributed by atoms with Crippen LogP contribution in [0, 0.1) is 0 Å². The number of hydrogen-bond acceptors (Lipinski definition) is 10. The van der Waals surface area contributed by atoms with E-state index in [1.807, 2.05) is 110 Å². The molecule has 12 heteroatoms. The van der Waals surface area contributed by atoms with Crippen molar-refractivity contribution in [2.75, 3.05) is 0 Å². The number of pyridine rings is 2. The van der Waals surface area contributed by atoms with Crippen molar-refractivity contribution in [1.82, 2.24) is 39.9 Å². The standard InChI is InChI=1S/C52H34N4.C39H26BrN3.C19H20BNO2/c1-3-9-35(10-4-1)36-21-24-41(25-22-36)51-54-50(40-11-5-2-6-12-40)55-52(56-51)47-16-8-14-43(33-47)38-19-17-37(18-20-38)42-13-7-15-44(31-42)45-27-28-48-46(32-45)26-23-39-29-30-53-34-49(39)48;40-36-16-8-14-34(26-36)30-19-17-29(18-20-30)33-13-7-15-35(25-33)39-42-37(31-11-5-2-6-12-31)41-38(43-39)32-23-21-28(22-24-32)27-9-3-1-4-10-27;1-18(2)19(3,4)23-20(22-18)15-7-8-16-14(11-15)6-5-13-9-10-21-12-17(13)16/h1-34H;1-26H;5-12H,1-4H3. The van der Waals surface area contributed by atoms with Crippen LogP contribution in [0.15, 0.2) is 418 Å². The fourth-order valence-electron chi connectivity index (χ4n) is 15.6. The van der Waals surface area contributed by atoms with Crippen molar-refractivity contribution in [1.29, 1.82) is 0 Å². The van der Waals surface area contributed by atoms with Gasteiger partial charge in [-0.15, -0.1) is 0 Å². The number of aromatic nitrogens is 8. The molecule has 0 aliphatic carbocycles. The number of benzene rings is 16. The maximum absolute atomic E-state index is 6.15. The van der Waals surface area contributed by atoms with Gasteiger partial charge in [0.2, 0.25) is 0 Å². The minimum Gasteiger partial charge on any atom is -0.399 e. The van der Waals surface area contributed by atoms with Gasteiger partial charge >= 0.3 is 7.12 Å². The highest BCUT2D eigenvalue weighted by Crippen LogP contribution is 2.40. The van der Waals surface area contributed by atoms with E-state index >= 15 is 0 Å². The van der Waals surface area contributed by atoms with E-state index in [0.717, 1.165) is 82.3 Å². The Morgan fingerprint density at radius 2 is 0.475 bits per heavy atom. The molecule has 0 N–H and O–H groups in total. The van der Waals surface area contributed by atoms with Crippen LogP contribution in [0.4, 0.5) is 0 Å². The third-order valence-corrected chi connectivity index (χ3v) is 23.5. The summed E-state index contributed by atoms with van der Waals surface area (Å²) in [6.45, 7) is 8.31. The van der Waals surface area contributed by atoms with Gasteiger partial charge in [0.25, 0.3) is 0 Å². The van der Waals surface area contributed by atoms with Gasteiger partial charge in [-0.25, -0.2) is 29.9 Å². The monoisotopic (exact) mass is 1630 g/mol. The Morgan fingerprint density at radius 1 is 0.213 bits per heavy atom. The summed E-state index contributed by atoms with van der Waals surface area (Å²) in [7, 11) is -0.325. The molecular formula is C110H80BBrN8O2. The molecule has 122 heavy (non-hydrogen) atoms. The van der Waals surface area contributed by atoms with Crippen LogP contribution >= 0.6 is 15.9 Å². The first-order valence-electron chi connectivity index (χ1n) is 40.9. The highest BCUT2D eigenvalue weighted by molar-refractivity contribution is 9.10. The average molecular weight is 1640 g/mol. The van der Waals surface area contributed by atoms with Crippen molar-refractivity contribution in [3.8, 4) is 146 Å². The Bertz CT molecular complexity index is 7170. The van der Waals surface area contributed by atoms with Crippen molar-refractivity contribution in [2.45, 2.75) is 38.9 Å². The molecule has 0 atom stereocenters. The van der Waals surface area contributed by atoms with Gasteiger partial charge in [-0.1, -0.05) is 356 Å². The molecule has 0 saturated carbocycles. The molecule has 21 rings (SSSR count). The second-order valence-corrected chi connectivity index (χ2v) is 32.4. The molecule has 0 spiro atoms. The average Bonchev–Trinajstić information content (AvgIpc) is 1.59. The third kappa shape index (κ3) is 16.7. The van der Waals surface area contributed by atoms with Crippen LogP contribution < -0.4 is 5.46 Å². The molecule has 1 aliphatic heterocycles. The quantitative estimate of drug-likeness (QED) is 0.0768. The maximum atomic E-state index is 6.15. The molecule has 16 aromatic carbocycles. The largest absolute Gasteiger partial charge is 0.494 e. The first kappa shape index (κ1) is 77.3. The minimum absolute atomic E-state index is 0.320. The Balaban J connectivity index is 0.000000131. The summed E-state index contributed by atoms with van der Waals surface area (Å²) in [6.07, 6.45) is 7.55. The van der Waals surface area contributed by atoms with E-state index in [-0.39, 0.29) is 18.3 Å².